The molecule has 0 spiro atoms. The minimum Gasteiger partial charge on any atom is -0.465 e. The van der Waals surface area contributed by atoms with Gasteiger partial charge < -0.3 is 15.2 Å². The van der Waals surface area contributed by atoms with Crippen molar-refractivity contribution in [3.05, 3.63) is 42.1 Å². The first-order valence-corrected chi connectivity index (χ1v) is 6.00. The molecule has 0 aliphatic heterocycles. The van der Waals surface area contributed by atoms with Gasteiger partial charge in [0.05, 0.1) is 12.7 Å². The molecule has 0 atom stereocenters. The van der Waals surface area contributed by atoms with E-state index < -0.39 is 12.3 Å². The Bertz CT molecular complexity index is 685. The van der Waals surface area contributed by atoms with Gasteiger partial charge in [-0.15, -0.1) is 13.2 Å². The lowest BCUT2D eigenvalue weighted by Gasteiger charge is -2.10. The summed E-state index contributed by atoms with van der Waals surface area (Å²) >= 11 is 0. The second kappa shape index (κ2) is 5.92. The van der Waals surface area contributed by atoms with Crippen molar-refractivity contribution in [2.75, 3.05) is 12.8 Å². The summed E-state index contributed by atoms with van der Waals surface area (Å²) in [5.41, 5.74) is 6.81. The van der Waals surface area contributed by atoms with Gasteiger partial charge in [-0.2, -0.15) is 0 Å². The minimum atomic E-state index is -4.76. The lowest BCUT2D eigenvalue weighted by atomic mass is 10.0. The average Bonchev–Trinajstić information content (AvgIpc) is 2.46. The summed E-state index contributed by atoms with van der Waals surface area (Å²) in [5.74, 6) is -0.810. The molecule has 0 saturated carbocycles. The van der Waals surface area contributed by atoms with Gasteiger partial charge in [0.2, 0.25) is 0 Å². The molecular weight excluding hydrogens is 301 g/mol. The van der Waals surface area contributed by atoms with E-state index in [0.717, 1.165) is 12.1 Å². The second-order valence-corrected chi connectivity index (χ2v) is 4.22. The zero-order chi connectivity index (χ0) is 16.3. The van der Waals surface area contributed by atoms with Crippen LogP contribution in [0.4, 0.5) is 19.0 Å². The summed E-state index contributed by atoms with van der Waals surface area (Å²) in [5, 5.41) is 0. The van der Waals surface area contributed by atoms with Crippen LogP contribution in [-0.4, -0.2) is 24.4 Å². The van der Waals surface area contributed by atoms with E-state index in [1.807, 2.05) is 0 Å². The first-order valence-electron chi connectivity index (χ1n) is 6.00. The molecule has 2 aromatic rings. The Kier molecular flexibility index (Phi) is 4.20. The number of carbonyl (C=O) groups excluding carboxylic acids is 1. The largest absolute Gasteiger partial charge is 0.573 e. The molecule has 0 bridgehead atoms. The second-order valence-electron chi connectivity index (χ2n) is 4.22. The van der Waals surface area contributed by atoms with Gasteiger partial charge in [0.15, 0.2) is 0 Å². The SMILES string of the molecule is COC(=O)c1cnc(N)c(-c2ccc(OC(F)(F)F)cc2)c1. The van der Waals surface area contributed by atoms with Crippen LogP contribution in [0.3, 0.4) is 0 Å². The Balaban J connectivity index is 2.33. The highest BCUT2D eigenvalue weighted by molar-refractivity contribution is 5.91. The molecule has 0 saturated heterocycles. The number of rotatable bonds is 3. The molecule has 2 N–H and O–H groups in total. The maximum atomic E-state index is 12.1. The Morgan fingerprint density at radius 2 is 1.86 bits per heavy atom. The number of nitrogens with zero attached hydrogens (tertiary/aromatic N) is 1. The third kappa shape index (κ3) is 3.66. The lowest BCUT2D eigenvalue weighted by Crippen LogP contribution is -2.16. The number of methoxy groups -OCH3 is 1. The van der Waals surface area contributed by atoms with E-state index in [9.17, 15) is 18.0 Å². The summed E-state index contributed by atoms with van der Waals surface area (Å²) in [4.78, 5) is 15.3. The molecule has 22 heavy (non-hydrogen) atoms. The van der Waals surface area contributed by atoms with Crippen molar-refractivity contribution in [1.82, 2.24) is 4.98 Å². The van der Waals surface area contributed by atoms with Gasteiger partial charge in [0, 0.05) is 11.8 Å². The van der Waals surface area contributed by atoms with E-state index in [-0.39, 0.29) is 17.1 Å². The monoisotopic (exact) mass is 312 g/mol. The quantitative estimate of drug-likeness (QED) is 0.882. The van der Waals surface area contributed by atoms with E-state index in [2.05, 4.69) is 14.5 Å². The molecular formula is C14H11F3N2O3. The number of nitrogens with two attached hydrogens (primary N) is 1. The molecule has 116 valence electrons. The topological polar surface area (TPSA) is 74.4 Å². The van der Waals surface area contributed by atoms with Gasteiger partial charge in [-0.1, -0.05) is 12.1 Å². The summed E-state index contributed by atoms with van der Waals surface area (Å²) in [6.07, 6.45) is -3.50. The Morgan fingerprint density at radius 1 is 1.23 bits per heavy atom. The number of benzene rings is 1. The smallest absolute Gasteiger partial charge is 0.465 e. The highest BCUT2D eigenvalue weighted by Gasteiger charge is 2.31. The molecule has 5 nitrogen and oxygen atoms in total. The van der Waals surface area contributed by atoms with E-state index in [0.29, 0.717) is 11.1 Å². The van der Waals surface area contributed by atoms with Gasteiger partial charge in [-0.05, 0) is 23.8 Å². The fourth-order valence-corrected chi connectivity index (χ4v) is 1.77. The van der Waals surface area contributed by atoms with Crippen molar-refractivity contribution in [1.29, 1.82) is 0 Å². The van der Waals surface area contributed by atoms with Gasteiger partial charge in [0.1, 0.15) is 11.6 Å². The number of carbonyl (C=O) groups is 1. The number of esters is 1. The molecule has 0 amide bonds. The first-order chi connectivity index (χ1) is 10.3. The van der Waals surface area contributed by atoms with Crippen LogP contribution in [0.25, 0.3) is 11.1 Å². The molecule has 1 heterocycles. The molecule has 0 aliphatic rings. The number of hydrogen-bond donors (Lipinski definition) is 1. The predicted octanol–water partition coefficient (Wildman–Crippen LogP) is 3.02. The van der Waals surface area contributed by atoms with Crippen LogP contribution in [0.1, 0.15) is 10.4 Å². The molecule has 0 unspecified atom stereocenters. The van der Waals surface area contributed by atoms with E-state index >= 15 is 0 Å². The third-order valence-corrected chi connectivity index (χ3v) is 2.74. The van der Waals surface area contributed by atoms with Crippen LogP contribution in [0.5, 0.6) is 5.75 Å². The number of pyridine rings is 1. The van der Waals surface area contributed by atoms with Crippen LogP contribution in [0, 0.1) is 0 Å². The fraction of sp³-hybridized carbons (Fsp3) is 0.143. The van der Waals surface area contributed by atoms with Gasteiger partial charge in [-0.3, -0.25) is 0 Å². The number of aromatic nitrogens is 1. The maximum absolute atomic E-state index is 12.1. The Morgan fingerprint density at radius 3 is 2.41 bits per heavy atom. The molecule has 8 heteroatoms. The van der Waals surface area contributed by atoms with Gasteiger partial charge in [0.25, 0.3) is 0 Å². The summed E-state index contributed by atoms with van der Waals surface area (Å²) < 4.78 is 44.7. The van der Waals surface area contributed by atoms with Crippen LogP contribution in [-0.2, 0) is 4.74 Å². The van der Waals surface area contributed by atoms with Crippen LogP contribution in [0.15, 0.2) is 36.5 Å². The molecule has 1 aromatic heterocycles. The minimum absolute atomic E-state index is 0.136. The zero-order valence-corrected chi connectivity index (χ0v) is 11.3. The summed E-state index contributed by atoms with van der Waals surface area (Å²) in [6.45, 7) is 0. The van der Waals surface area contributed by atoms with Crippen molar-refractivity contribution in [2.24, 2.45) is 0 Å². The van der Waals surface area contributed by atoms with E-state index in [1.165, 1.54) is 31.5 Å². The molecule has 1 aromatic carbocycles. The number of anilines is 1. The number of nitrogen functional groups attached to an aromatic ring is 1. The van der Waals surface area contributed by atoms with Crippen LogP contribution >= 0.6 is 0 Å². The summed E-state index contributed by atoms with van der Waals surface area (Å²) in [6, 6.07) is 6.51. The Labute approximate surface area is 123 Å². The molecule has 2 rings (SSSR count). The fourth-order valence-electron chi connectivity index (χ4n) is 1.77. The summed E-state index contributed by atoms with van der Waals surface area (Å²) in [7, 11) is 1.22. The van der Waals surface area contributed by atoms with Gasteiger partial charge in [-0.25, -0.2) is 9.78 Å². The lowest BCUT2D eigenvalue weighted by molar-refractivity contribution is -0.274. The first kappa shape index (κ1) is 15.6. The van der Waals surface area contributed by atoms with E-state index in [4.69, 9.17) is 5.73 Å². The molecule has 0 aliphatic carbocycles. The zero-order valence-electron chi connectivity index (χ0n) is 11.3. The van der Waals surface area contributed by atoms with Crippen molar-refractivity contribution < 1.29 is 27.4 Å². The number of hydrogen-bond acceptors (Lipinski definition) is 5. The molecule has 0 fully saturated rings. The Hall–Kier alpha value is -2.77. The average molecular weight is 312 g/mol. The highest BCUT2D eigenvalue weighted by atomic mass is 19.4. The highest BCUT2D eigenvalue weighted by Crippen LogP contribution is 2.29. The molecule has 0 radical (unpaired) electrons. The van der Waals surface area contributed by atoms with Crippen molar-refractivity contribution >= 4 is 11.8 Å². The standard InChI is InChI=1S/C14H11F3N2O3/c1-21-13(20)9-6-11(12(18)19-7-9)8-2-4-10(5-3-8)22-14(15,16)17/h2-7H,1H3,(H2,18,19). The van der Waals surface area contributed by atoms with Crippen molar-refractivity contribution in [3.63, 3.8) is 0 Å². The number of alkyl halides is 3. The normalized spacial score (nSPS) is 11.1. The third-order valence-electron chi connectivity index (χ3n) is 2.74. The van der Waals surface area contributed by atoms with Crippen molar-refractivity contribution in [2.45, 2.75) is 6.36 Å². The van der Waals surface area contributed by atoms with Gasteiger partial charge >= 0.3 is 12.3 Å². The van der Waals surface area contributed by atoms with E-state index in [1.54, 1.807) is 0 Å². The number of ether oxygens (including phenoxy) is 2. The predicted molar refractivity (Wildman–Crippen MR) is 72.1 cm³/mol. The number of halogens is 3. The van der Waals surface area contributed by atoms with Crippen LogP contribution < -0.4 is 10.5 Å². The maximum Gasteiger partial charge on any atom is 0.573 e. The van der Waals surface area contributed by atoms with Crippen LogP contribution in [0.2, 0.25) is 0 Å². The van der Waals surface area contributed by atoms with Crippen molar-refractivity contribution in [3.8, 4) is 16.9 Å².